The van der Waals surface area contributed by atoms with E-state index in [1.165, 1.54) is 0 Å². The third-order valence-corrected chi connectivity index (χ3v) is 2.16. The molecule has 1 N–H and O–H groups in total. The summed E-state index contributed by atoms with van der Waals surface area (Å²) in [4.78, 5) is 4.30. The lowest BCUT2D eigenvalue weighted by molar-refractivity contribution is -0.173. The second kappa shape index (κ2) is 7.33. The van der Waals surface area contributed by atoms with Gasteiger partial charge in [-0.1, -0.05) is 6.07 Å². The van der Waals surface area contributed by atoms with Crippen molar-refractivity contribution in [2.75, 3.05) is 19.8 Å². The van der Waals surface area contributed by atoms with Crippen molar-refractivity contribution in [3.63, 3.8) is 0 Å². The van der Waals surface area contributed by atoms with Crippen molar-refractivity contribution in [2.24, 2.45) is 0 Å². The number of pyridine rings is 1. The Labute approximate surface area is 104 Å². The van der Waals surface area contributed by atoms with Crippen LogP contribution in [0, 0.1) is 6.92 Å². The van der Waals surface area contributed by atoms with E-state index in [0.717, 1.165) is 11.4 Å². The van der Waals surface area contributed by atoms with Crippen molar-refractivity contribution >= 4 is 0 Å². The molecule has 0 saturated heterocycles. The van der Waals surface area contributed by atoms with Gasteiger partial charge in [-0.2, -0.15) is 13.2 Å². The number of nitrogens with zero attached hydrogens (tertiary/aromatic N) is 1. The zero-order valence-electron chi connectivity index (χ0n) is 10.3. The van der Waals surface area contributed by atoms with Crippen LogP contribution in [0.25, 0.3) is 0 Å². The predicted molar refractivity (Wildman–Crippen MR) is 62.2 cm³/mol. The van der Waals surface area contributed by atoms with Crippen LogP contribution in [0.4, 0.5) is 13.2 Å². The van der Waals surface area contributed by atoms with Crippen LogP contribution in [0.2, 0.25) is 0 Å². The molecular weight excluding hydrogens is 245 g/mol. The number of alkyl halides is 3. The van der Waals surface area contributed by atoms with Gasteiger partial charge in [-0.05, 0) is 32.0 Å². The quantitative estimate of drug-likeness (QED) is 0.766. The minimum Gasteiger partial charge on any atom is -0.372 e. The van der Waals surface area contributed by atoms with Gasteiger partial charge >= 0.3 is 6.18 Å². The molecule has 0 radical (unpaired) electrons. The standard InChI is InChI=1S/C12H17F3N2O/c1-10-4-2-5-11(17-10)8-16-6-3-7-18-9-12(13,14)15/h2,4-5,16H,3,6-9H2,1H3. The smallest absolute Gasteiger partial charge is 0.372 e. The van der Waals surface area contributed by atoms with Gasteiger partial charge in [-0.15, -0.1) is 0 Å². The maximum Gasteiger partial charge on any atom is 0.411 e. The molecule has 0 fully saturated rings. The van der Waals surface area contributed by atoms with Gasteiger partial charge in [0.2, 0.25) is 0 Å². The van der Waals surface area contributed by atoms with Crippen molar-refractivity contribution in [1.82, 2.24) is 10.3 Å². The number of rotatable bonds is 7. The highest BCUT2D eigenvalue weighted by Crippen LogP contribution is 2.14. The van der Waals surface area contributed by atoms with E-state index in [9.17, 15) is 13.2 Å². The van der Waals surface area contributed by atoms with Crippen LogP contribution in [0.3, 0.4) is 0 Å². The topological polar surface area (TPSA) is 34.1 Å². The molecule has 0 amide bonds. The summed E-state index contributed by atoms with van der Waals surface area (Å²) in [5, 5.41) is 3.10. The summed E-state index contributed by atoms with van der Waals surface area (Å²) in [5.41, 5.74) is 1.87. The number of hydrogen-bond donors (Lipinski definition) is 1. The molecule has 0 saturated carbocycles. The molecule has 0 spiro atoms. The van der Waals surface area contributed by atoms with E-state index >= 15 is 0 Å². The Hall–Kier alpha value is -1.14. The van der Waals surface area contributed by atoms with Crippen molar-refractivity contribution < 1.29 is 17.9 Å². The Morgan fingerprint density at radius 3 is 2.78 bits per heavy atom. The van der Waals surface area contributed by atoms with Gasteiger partial charge in [-0.3, -0.25) is 4.98 Å². The van der Waals surface area contributed by atoms with Crippen LogP contribution in [0.5, 0.6) is 0 Å². The Morgan fingerprint density at radius 1 is 1.33 bits per heavy atom. The van der Waals surface area contributed by atoms with Gasteiger partial charge in [0.25, 0.3) is 0 Å². The highest BCUT2D eigenvalue weighted by Gasteiger charge is 2.27. The molecule has 0 aliphatic rings. The van der Waals surface area contributed by atoms with Crippen LogP contribution in [0.1, 0.15) is 17.8 Å². The maximum atomic E-state index is 11.7. The Balaban J connectivity index is 2.02. The van der Waals surface area contributed by atoms with Crippen LogP contribution in [-0.4, -0.2) is 30.9 Å². The average Bonchev–Trinajstić information content (AvgIpc) is 2.26. The fourth-order valence-corrected chi connectivity index (χ4v) is 1.40. The van der Waals surface area contributed by atoms with Crippen LogP contribution in [0.15, 0.2) is 18.2 Å². The average molecular weight is 262 g/mol. The minimum absolute atomic E-state index is 0.105. The molecule has 0 aliphatic carbocycles. The van der Waals surface area contributed by atoms with E-state index in [0.29, 0.717) is 19.5 Å². The highest BCUT2D eigenvalue weighted by atomic mass is 19.4. The lowest BCUT2D eigenvalue weighted by Gasteiger charge is -2.08. The van der Waals surface area contributed by atoms with Crippen molar-refractivity contribution in [3.8, 4) is 0 Å². The second-order valence-corrected chi connectivity index (χ2v) is 3.97. The van der Waals surface area contributed by atoms with E-state index in [1.807, 2.05) is 25.1 Å². The minimum atomic E-state index is -4.24. The Bertz CT molecular complexity index is 355. The molecule has 0 unspecified atom stereocenters. The molecule has 6 heteroatoms. The fraction of sp³-hybridized carbons (Fsp3) is 0.583. The number of halogens is 3. The number of ether oxygens (including phenoxy) is 1. The van der Waals surface area contributed by atoms with E-state index in [4.69, 9.17) is 0 Å². The molecule has 0 aromatic carbocycles. The van der Waals surface area contributed by atoms with Crippen molar-refractivity contribution in [2.45, 2.75) is 26.1 Å². The molecule has 1 aromatic heterocycles. The van der Waals surface area contributed by atoms with Gasteiger partial charge in [0.15, 0.2) is 0 Å². The molecular formula is C12H17F3N2O. The van der Waals surface area contributed by atoms with Crippen molar-refractivity contribution in [1.29, 1.82) is 0 Å². The number of aromatic nitrogens is 1. The summed E-state index contributed by atoms with van der Waals surface area (Å²) in [6, 6.07) is 5.74. The summed E-state index contributed by atoms with van der Waals surface area (Å²) in [7, 11) is 0. The van der Waals surface area contributed by atoms with E-state index in [-0.39, 0.29) is 6.61 Å². The van der Waals surface area contributed by atoms with Crippen molar-refractivity contribution in [3.05, 3.63) is 29.6 Å². The molecule has 18 heavy (non-hydrogen) atoms. The van der Waals surface area contributed by atoms with Crippen LogP contribution >= 0.6 is 0 Å². The molecule has 0 atom stereocenters. The SMILES string of the molecule is Cc1cccc(CNCCCOCC(F)(F)F)n1. The molecule has 1 rings (SSSR count). The number of nitrogens with one attached hydrogen (secondary N) is 1. The fourth-order valence-electron chi connectivity index (χ4n) is 1.40. The van der Waals surface area contributed by atoms with Gasteiger partial charge < -0.3 is 10.1 Å². The molecule has 3 nitrogen and oxygen atoms in total. The van der Waals surface area contributed by atoms with Crippen LogP contribution in [-0.2, 0) is 11.3 Å². The van der Waals surface area contributed by atoms with Gasteiger partial charge in [0, 0.05) is 18.8 Å². The number of aryl methyl sites for hydroxylation is 1. The van der Waals surface area contributed by atoms with E-state index in [2.05, 4.69) is 15.0 Å². The molecule has 102 valence electrons. The first-order valence-electron chi connectivity index (χ1n) is 5.75. The monoisotopic (exact) mass is 262 g/mol. The zero-order valence-corrected chi connectivity index (χ0v) is 10.3. The normalized spacial score (nSPS) is 11.8. The second-order valence-electron chi connectivity index (χ2n) is 3.97. The third kappa shape index (κ3) is 7.24. The third-order valence-electron chi connectivity index (χ3n) is 2.16. The van der Waals surface area contributed by atoms with E-state index in [1.54, 1.807) is 0 Å². The number of hydrogen-bond acceptors (Lipinski definition) is 3. The molecule has 0 aliphatic heterocycles. The summed E-state index contributed by atoms with van der Waals surface area (Å²) >= 11 is 0. The lowest BCUT2D eigenvalue weighted by Crippen LogP contribution is -2.20. The zero-order chi connectivity index (χ0) is 13.4. The molecule has 0 bridgehead atoms. The summed E-state index contributed by atoms with van der Waals surface area (Å²) in [5.74, 6) is 0. The largest absolute Gasteiger partial charge is 0.411 e. The van der Waals surface area contributed by atoms with E-state index < -0.39 is 12.8 Å². The lowest BCUT2D eigenvalue weighted by atomic mass is 10.3. The van der Waals surface area contributed by atoms with Gasteiger partial charge in [0.05, 0.1) is 5.69 Å². The first-order valence-corrected chi connectivity index (χ1v) is 5.75. The van der Waals surface area contributed by atoms with Crippen LogP contribution < -0.4 is 5.32 Å². The Kier molecular flexibility index (Phi) is 6.07. The maximum absolute atomic E-state index is 11.7. The van der Waals surface area contributed by atoms with Gasteiger partial charge in [0.1, 0.15) is 6.61 Å². The highest BCUT2D eigenvalue weighted by molar-refractivity contribution is 5.09. The predicted octanol–water partition coefficient (Wildman–Crippen LogP) is 2.45. The first-order chi connectivity index (χ1) is 8.47. The van der Waals surface area contributed by atoms with Gasteiger partial charge in [-0.25, -0.2) is 0 Å². The Morgan fingerprint density at radius 2 is 2.11 bits per heavy atom. The first kappa shape index (κ1) is 14.9. The summed E-state index contributed by atoms with van der Waals surface area (Å²) < 4.78 is 39.7. The summed E-state index contributed by atoms with van der Waals surface area (Å²) in [6.07, 6.45) is -3.69. The summed E-state index contributed by atoms with van der Waals surface area (Å²) in [6.45, 7) is 2.06. The molecule has 1 aromatic rings. The molecule has 1 heterocycles.